The van der Waals surface area contributed by atoms with Crippen LogP contribution in [0.25, 0.3) is 0 Å². The highest BCUT2D eigenvalue weighted by molar-refractivity contribution is 6.38. The van der Waals surface area contributed by atoms with Gasteiger partial charge in [-0.2, -0.15) is 0 Å². The molecule has 0 bridgehead atoms. The van der Waals surface area contributed by atoms with E-state index in [2.05, 4.69) is 0 Å². The predicted molar refractivity (Wildman–Crippen MR) is 92.6 cm³/mol. The lowest BCUT2D eigenvalue weighted by Gasteiger charge is -2.11. The van der Waals surface area contributed by atoms with E-state index in [1.54, 1.807) is 18.2 Å². The number of Topliss-reactive ketones (excluding diaryl/α,β-unsaturated/α-hetero) is 1. The summed E-state index contributed by atoms with van der Waals surface area (Å²) in [6, 6.07) is 5.46. The molecule has 0 aliphatic rings. The maximum atomic E-state index is 12.3. The number of ether oxygens (including phenoxy) is 1. The Morgan fingerprint density at radius 2 is 2.04 bits per heavy atom. The summed E-state index contributed by atoms with van der Waals surface area (Å²) in [6.45, 7) is 5.44. The van der Waals surface area contributed by atoms with Crippen molar-refractivity contribution in [2.75, 3.05) is 7.11 Å². The van der Waals surface area contributed by atoms with Gasteiger partial charge in [0.15, 0.2) is 11.6 Å². The van der Waals surface area contributed by atoms with Gasteiger partial charge >= 0.3 is 0 Å². The van der Waals surface area contributed by atoms with Crippen molar-refractivity contribution in [1.29, 1.82) is 5.41 Å². The van der Waals surface area contributed by atoms with Gasteiger partial charge in [0.25, 0.3) is 0 Å². The van der Waals surface area contributed by atoms with E-state index >= 15 is 0 Å². The van der Waals surface area contributed by atoms with Gasteiger partial charge in [0, 0.05) is 5.92 Å². The van der Waals surface area contributed by atoms with Gasteiger partial charge in [-0.05, 0) is 44.9 Å². The minimum atomic E-state index is -0.221. The molecule has 4 heteroatoms. The first-order valence-electron chi connectivity index (χ1n) is 7.85. The molecule has 0 spiro atoms. The van der Waals surface area contributed by atoms with Gasteiger partial charge in [0.2, 0.25) is 0 Å². The first-order valence-corrected chi connectivity index (χ1v) is 7.85. The number of hydrogen-bond acceptors (Lipinski definition) is 4. The molecule has 23 heavy (non-hydrogen) atoms. The summed E-state index contributed by atoms with van der Waals surface area (Å²) in [4.78, 5) is 24.3. The van der Waals surface area contributed by atoms with E-state index in [1.165, 1.54) is 20.1 Å². The smallest absolute Gasteiger partial charge is 0.189 e. The van der Waals surface area contributed by atoms with E-state index in [0.29, 0.717) is 17.7 Å². The summed E-state index contributed by atoms with van der Waals surface area (Å²) in [5.74, 6) is 0.0413. The molecular weight excluding hydrogens is 290 g/mol. The Morgan fingerprint density at radius 3 is 2.61 bits per heavy atom. The zero-order chi connectivity index (χ0) is 17.4. The zero-order valence-corrected chi connectivity index (χ0v) is 14.3. The summed E-state index contributed by atoms with van der Waals surface area (Å²) in [5.41, 5.74) is 1.58. The van der Waals surface area contributed by atoms with Crippen molar-refractivity contribution in [2.24, 2.45) is 5.92 Å². The Bertz CT molecular complexity index is 617. The molecule has 0 amide bonds. The van der Waals surface area contributed by atoms with E-state index in [1.807, 2.05) is 19.9 Å². The Morgan fingerprint density at radius 1 is 1.35 bits per heavy atom. The van der Waals surface area contributed by atoms with Crippen LogP contribution in [0.1, 0.15) is 49.0 Å². The van der Waals surface area contributed by atoms with Crippen LogP contribution in [0.5, 0.6) is 5.75 Å². The number of aryl methyl sites for hydroxylation is 1. The fourth-order valence-electron chi connectivity index (χ4n) is 2.45. The van der Waals surface area contributed by atoms with Gasteiger partial charge in [0.1, 0.15) is 5.75 Å². The number of carbonyl (C=O) groups excluding carboxylic acids is 2. The molecule has 124 valence electrons. The van der Waals surface area contributed by atoms with Crippen molar-refractivity contribution in [3.8, 4) is 5.75 Å². The van der Waals surface area contributed by atoms with Gasteiger partial charge in [-0.3, -0.25) is 9.59 Å². The van der Waals surface area contributed by atoms with E-state index in [4.69, 9.17) is 10.1 Å². The van der Waals surface area contributed by atoms with Gasteiger partial charge in [-0.25, -0.2) is 0 Å². The third-order valence-electron chi connectivity index (χ3n) is 3.69. The Labute approximate surface area is 138 Å². The van der Waals surface area contributed by atoms with Crippen LogP contribution in [0.2, 0.25) is 0 Å². The van der Waals surface area contributed by atoms with E-state index < -0.39 is 0 Å². The average molecular weight is 315 g/mol. The molecule has 0 aromatic heterocycles. The molecule has 1 unspecified atom stereocenters. The van der Waals surface area contributed by atoms with Crippen LogP contribution in [-0.4, -0.2) is 24.4 Å². The number of allylic oxidation sites excluding steroid dienone is 2. The van der Waals surface area contributed by atoms with E-state index in [-0.39, 0.29) is 23.2 Å². The topological polar surface area (TPSA) is 67.2 Å². The number of rotatable bonds is 9. The Hall–Kier alpha value is -2.23. The van der Waals surface area contributed by atoms with Crippen molar-refractivity contribution >= 4 is 17.3 Å². The fourth-order valence-corrected chi connectivity index (χ4v) is 2.45. The summed E-state index contributed by atoms with van der Waals surface area (Å²) in [5, 5.41) is 7.48. The maximum absolute atomic E-state index is 12.3. The van der Waals surface area contributed by atoms with Crippen LogP contribution >= 0.6 is 0 Å². The zero-order valence-electron chi connectivity index (χ0n) is 14.3. The molecule has 4 nitrogen and oxygen atoms in total. The highest BCUT2D eigenvalue weighted by atomic mass is 16.5. The van der Waals surface area contributed by atoms with Crippen LogP contribution in [0.3, 0.4) is 0 Å². The molecule has 1 aromatic rings. The first kappa shape index (κ1) is 18.8. The molecule has 1 N–H and O–H groups in total. The highest BCUT2D eigenvalue weighted by Gasteiger charge is 2.18. The number of ketones is 2. The predicted octanol–water partition coefficient (Wildman–Crippen LogP) is 4.16. The second-order valence-electron chi connectivity index (χ2n) is 5.68. The lowest BCUT2D eigenvalue weighted by molar-refractivity contribution is -0.116. The lowest BCUT2D eigenvalue weighted by Crippen LogP contribution is -2.20. The van der Waals surface area contributed by atoms with Crippen LogP contribution in [0.4, 0.5) is 0 Å². The second kappa shape index (κ2) is 9.03. The van der Waals surface area contributed by atoms with Crippen molar-refractivity contribution in [3.05, 3.63) is 41.5 Å². The molecule has 0 aliphatic carbocycles. The molecule has 0 heterocycles. The molecule has 1 aromatic carbocycles. The molecule has 0 saturated carbocycles. The number of carbonyl (C=O) groups is 2. The molecule has 1 atom stereocenters. The van der Waals surface area contributed by atoms with Gasteiger partial charge in [-0.1, -0.05) is 31.1 Å². The normalized spacial score (nSPS) is 12.2. The SMILES string of the molecule is CCCC(CC=CC(=O)c1cc(C)ccc1OC)C(=O)C(C)=N. The largest absolute Gasteiger partial charge is 0.496 e. The average Bonchev–Trinajstić information content (AvgIpc) is 2.53. The summed E-state index contributed by atoms with van der Waals surface area (Å²) in [6.07, 6.45) is 5.29. The second-order valence-corrected chi connectivity index (χ2v) is 5.68. The fraction of sp³-hybridized carbons (Fsp3) is 0.421. The molecule has 0 saturated heterocycles. The molecule has 1 rings (SSSR count). The van der Waals surface area contributed by atoms with Gasteiger partial charge in [0.05, 0.1) is 18.4 Å². The van der Waals surface area contributed by atoms with Gasteiger partial charge < -0.3 is 10.1 Å². The standard InChI is InChI=1S/C19H25NO3/c1-5-7-15(19(22)14(3)20)8-6-9-17(21)16-12-13(2)10-11-18(16)23-4/h6,9-12,15,20H,5,7-8H2,1-4H3. The van der Waals surface area contributed by atoms with Crippen molar-refractivity contribution < 1.29 is 14.3 Å². The van der Waals surface area contributed by atoms with Crippen LogP contribution < -0.4 is 4.74 Å². The van der Waals surface area contributed by atoms with Crippen LogP contribution in [0.15, 0.2) is 30.4 Å². The number of hydrogen-bond donors (Lipinski definition) is 1. The third kappa shape index (κ3) is 5.47. The summed E-state index contributed by atoms with van der Waals surface area (Å²) >= 11 is 0. The first-order chi connectivity index (χ1) is 10.9. The van der Waals surface area contributed by atoms with Crippen LogP contribution in [-0.2, 0) is 4.79 Å². The minimum Gasteiger partial charge on any atom is -0.496 e. The Balaban J connectivity index is 2.83. The van der Waals surface area contributed by atoms with E-state index in [9.17, 15) is 9.59 Å². The number of benzene rings is 1. The highest BCUT2D eigenvalue weighted by Crippen LogP contribution is 2.21. The van der Waals surface area contributed by atoms with E-state index in [0.717, 1.165) is 18.4 Å². The lowest BCUT2D eigenvalue weighted by atomic mass is 9.92. The number of nitrogens with one attached hydrogen (secondary N) is 1. The third-order valence-corrected chi connectivity index (χ3v) is 3.69. The molecule has 0 fully saturated rings. The van der Waals surface area contributed by atoms with Crippen LogP contribution in [0, 0.1) is 18.3 Å². The van der Waals surface area contributed by atoms with Crippen molar-refractivity contribution in [3.63, 3.8) is 0 Å². The summed E-state index contributed by atoms with van der Waals surface area (Å²) in [7, 11) is 1.54. The van der Waals surface area contributed by atoms with Gasteiger partial charge in [-0.15, -0.1) is 0 Å². The molecular formula is C19H25NO3. The molecule has 0 aliphatic heterocycles. The summed E-state index contributed by atoms with van der Waals surface area (Å²) < 4.78 is 5.22. The van der Waals surface area contributed by atoms with Crippen molar-refractivity contribution in [2.45, 2.75) is 40.0 Å². The molecule has 0 radical (unpaired) electrons. The Kier molecular flexibility index (Phi) is 7.39. The minimum absolute atomic E-state index is 0.0727. The monoisotopic (exact) mass is 315 g/mol. The number of methoxy groups -OCH3 is 1. The van der Waals surface area contributed by atoms with Crippen molar-refractivity contribution in [1.82, 2.24) is 0 Å². The maximum Gasteiger partial charge on any atom is 0.189 e. The quantitative estimate of drug-likeness (QED) is 0.423.